The predicted molar refractivity (Wildman–Crippen MR) is 103 cm³/mol. The summed E-state index contributed by atoms with van der Waals surface area (Å²) < 4.78 is 1.98. The highest BCUT2D eigenvalue weighted by atomic mass is 15.4. The summed E-state index contributed by atoms with van der Waals surface area (Å²) in [5.74, 6) is 0.958. The van der Waals surface area contributed by atoms with E-state index in [2.05, 4.69) is 78.5 Å². The summed E-state index contributed by atoms with van der Waals surface area (Å²) >= 11 is 0. The molecule has 1 N–H and O–H groups in total. The third-order valence-electron chi connectivity index (χ3n) is 5.68. The van der Waals surface area contributed by atoms with Crippen molar-refractivity contribution < 1.29 is 0 Å². The Bertz CT molecular complexity index is 742. The van der Waals surface area contributed by atoms with Crippen molar-refractivity contribution in [1.29, 1.82) is 0 Å². The van der Waals surface area contributed by atoms with Crippen molar-refractivity contribution in [2.75, 3.05) is 13.6 Å². The molecule has 0 radical (unpaired) electrons. The van der Waals surface area contributed by atoms with Crippen LogP contribution in [-0.4, -0.2) is 39.8 Å². The largest absolute Gasteiger partial charge is 0.352 e. The fourth-order valence-electron chi connectivity index (χ4n) is 3.23. The van der Waals surface area contributed by atoms with Crippen molar-refractivity contribution in [1.82, 2.24) is 20.0 Å². The fraction of sp³-hybridized carbons (Fsp3) is 0.500. The number of likely N-dealkylation sites (tertiary alicyclic amines) is 1. The Morgan fingerprint density at radius 1 is 1.16 bits per heavy atom. The molecule has 2 heterocycles. The second kappa shape index (κ2) is 6.54. The molecule has 0 spiro atoms. The molecule has 0 atom stereocenters. The van der Waals surface area contributed by atoms with E-state index in [0.717, 1.165) is 31.2 Å². The summed E-state index contributed by atoms with van der Waals surface area (Å²) in [4.78, 5) is 6.81. The summed E-state index contributed by atoms with van der Waals surface area (Å²) in [5.41, 5.74) is 2.82. The Balaban J connectivity index is 1.58. The highest BCUT2D eigenvalue weighted by Crippen LogP contribution is 2.46. The highest BCUT2D eigenvalue weighted by Gasteiger charge is 2.53. The van der Waals surface area contributed by atoms with Crippen LogP contribution in [0.1, 0.15) is 38.8 Å². The third kappa shape index (κ3) is 3.41. The topological polar surface area (TPSA) is 45.5 Å². The van der Waals surface area contributed by atoms with Crippen LogP contribution >= 0.6 is 0 Å². The smallest absolute Gasteiger partial charge is 0.194 e. The van der Waals surface area contributed by atoms with E-state index in [9.17, 15) is 0 Å². The van der Waals surface area contributed by atoms with E-state index in [1.165, 1.54) is 5.56 Å². The zero-order chi connectivity index (χ0) is 18.1. The molecule has 0 saturated carbocycles. The maximum absolute atomic E-state index is 4.47. The fourth-order valence-corrected chi connectivity index (χ4v) is 3.23. The minimum Gasteiger partial charge on any atom is -0.352 e. The van der Waals surface area contributed by atoms with Crippen molar-refractivity contribution in [3.63, 3.8) is 0 Å². The first-order valence-corrected chi connectivity index (χ1v) is 8.87. The Labute approximate surface area is 150 Å². The minimum atomic E-state index is 0.104. The van der Waals surface area contributed by atoms with Crippen LogP contribution in [0.5, 0.6) is 0 Å². The third-order valence-corrected chi connectivity index (χ3v) is 5.68. The first kappa shape index (κ1) is 17.5. The van der Waals surface area contributed by atoms with E-state index in [0.29, 0.717) is 5.41 Å². The van der Waals surface area contributed by atoms with Crippen LogP contribution in [0, 0.1) is 5.41 Å². The van der Waals surface area contributed by atoms with Crippen LogP contribution in [0.2, 0.25) is 0 Å². The minimum absolute atomic E-state index is 0.104. The van der Waals surface area contributed by atoms with Crippen LogP contribution in [-0.2, 0) is 13.1 Å². The van der Waals surface area contributed by atoms with Crippen molar-refractivity contribution >= 4 is 5.96 Å². The molecule has 3 rings (SSSR count). The summed E-state index contributed by atoms with van der Waals surface area (Å²) in [5, 5.41) is 7.95. The first-order chi connectivity index (χ1) is 11.8. The monoisotopic (exact) mass is 339 g/mol. The molecule has 1 saturated heterocycles. The summed E-state index contributed by atoms with van der Waals surface area (Å²) in [6.07, 6.45) is 4.02. The maximum Gasteiger partial charge on any atom is 0.194 e. The molecule has 0 aliphatic carbocycles. The van der Waals surface area contributed by atoms with Crippen LogP contribution < -0.4 is 5.32 Å². The quantitative estimate of drug-likeness (QED) is 0.688. The molecule has 134 valence electrons. The van der Waals surface area contributed by atoms with Gasteiger partial charge in [-0.25, -0.2) is 0 Å². The highest BCUT2D eigenvalue weighted by molar-refractivity contribution is 5.82. The number of rotatable bonds is 4. The molecule has 1 fully saturated rings. The van der Waals surface area contributed by atoms with E-state index in [4.69, 9.17) is 0 Å². The van der Waals surface area contributed by atoms with Gasteiger partial charge in [0, 0.05) is 42.9 Å². The Hall–Kier alpha value is -2.30. The summed E-state index contributed by atoms with van der Waals surface area (Å²) in [6, 6.07) is 10.4. The van der Waals surface area contributed by atoms with Gasteiger partial charge in [-0.05, 0) is 19.4 Å². The second-order valence-corrected chi connectivity index (χ2v) is 7.96. The van der Waals surface area contributed by atoms with Gasteiger partial charge in [0.15, 0.2) is 5.96 Å². The number of aromatic nitrogens is 2. The van der Waals surface area contributed by atoms with Crippen LogP contribution in [0.15, 0.2) is 47.7 Å². The van der Waals surface area contributed by atoms with Crippen LogP contribution in [0.25, 0.3) is 0 Å². The van der Waals surface area contributed by atoms with Crippen molar-refractivity contribution in [3.05, 3.63) is 53.9 Å². The van der Waals surface area contributed by atoms with Gasteiger partial charge >= 0.3 is 0 Å². The van der Waals surface area contributed by atoms with Crippen molar-refractivity contribution in [3.8, 4) is 0 Å². The Morgan fingerprint density at radius 2 is 1.88 bits per heavy atom. The molecule has 0 amide bonds. The van der Waals surface area contributed by atoms with Gasteiger partial charge in [-0.3, -0.25) is 9.67 Å². The Kier molecular flexibility index (Phi) is 4.58. The summed E-state index contributed by atoms with van der Waals surface area (Å²) in [6.45, 7) is 11.7. The number of aliphatic imine (C=N–C) groups is 1. The number of guanidine groups is 1. The van der Waals surface area contributed by atoms with Gasteiger partial charge in [0.1, 0.15) is 0 Å². The molecule has 5 heteroatoms. The average Bonchev–Trinajstić information content (AvgIpc) is 3.02. The molecule has 1 aromatic heterocycles. The number of nitrogens with one attached hydrogen (secondary N) is 1. The lowest BCUT2D eigenvalue weighted by atomic mass is 9.65. The lowest BCUT2D eigenvalue weighted by Crippen LogP contribution is -2.72. The predicted octanol–water partition coefficient (Wildman–Crippen LogP) is 3.13. The first-order valence-electron chi connectivity index (χ1n) is 8.87. The van der Waals surface area contributed by atoms with E-state index in [-0.39, 0.29) is 5.54 Å². The van der Waals surface area contributed by atoms with Gasteiger partial charge in [0.25, 0.3) is 0 Å². The Morgan fingerprint density at radius 3 is 2.48 bits per heavy atom. The van der Waals surface area contributed by atoms with E-state index < -0.39 is 0 Å². The van der Waals surface area contributed by atoms with Gasteiger partial charge < -0.3 is 10.2 Å². The van der Waals surface area contributed by atoms with Gasteiger partial charge in [0.05, 0.1) is 12.7 Å². The SMILES string of the molecule is CN=C(NCc1cnn(Cc2ccccc2)c1)N1CC(C)(C)C1(C)C. The molecular formula is C20H29N5. The molecule has 1 aliphatic heterocycles. The zero-order valence-electron chi connectivity index (χ0n) is 16.0. The molecule has 0 unspecified atom stereocenters. The maximum atomic E-state index is 4.47. The standard InChI is InChI=1S/C20H29N5/c1-19(2)15-25(20(19,3)4)18(21-5)22-11-17-12-23-24(14-17)13-16-9-7-6-8-10-16/h6-10,12,14H,11,13,15H2,1-5H3,(H,21,22). The average molecular weight is 339 g/mol. The second-order valence-electron chi connectivity index (χ2n) is 7.96. The number of benzene rings is 1. The molecule has 2 aromatic rings. The molecule has 1 aliphatic rings. The van der Waals surface area contributed by atoms with Crippen molar-refractivity contribution in [2.24, 2.45) is 10.4 Å². The summed E-state index contributed by atoms with van der Waals surface area (Å²) in [7, 11) is 1.85. The zero-order valence-corrected chi connectivity index (χ0v) is 16.0. The van der Waals surface area contributed by atoms with Gasteiger partial charge in [-0.2, -0.15) is 5.10 Å². The van der Waals surface area contributed by atoms with Gasteiger partial charge in [-0.15, -0.1) is 0 Å². The molecule has 0 bridgehead atoms. The van der Waals surface area contributed by atoms with E-state index >= 15 is 0 Å². The van der Waals surface area contributed by atoms with Crippen molar-refractivity contribution in [2.45, 2.75) is 46.3 Å². The van der Waals surface area contributed by atoms with Gasteiger partial charge in [-0.1, -0.05) is 44.2 Å². The molecule has 1 aromatic carbocycles. The molecule has 5 nitrogen and oxygen atoms in total. The number of nitrogens with zero attached hydrogens (tertiary/aromatic N) is 4. The molecular weight excluding hydrogens is 310 g/mol. The normalized spacial score (nSPS) is 18.8. The number of hydrogen-bond donors (Lipinski definition) is 1. The van der Waals surface area contributed by atoms with Crippen LogP contribution in [0.4, 0.5) is 0 Å². The lowest BCUT2D eigenvalue weighted by Gasteiger charge is -2.62. The molecule has 25 heavy (non-hydrogen) atoms. The number of hydrogen-bond acceptors (Lipinski definition) is 2. The lowest BCUT2D eigenvalue weighted by molar-refractivity contribution is -0.0667. The van der Waals surface area contributed by atoms with Gasteiger partial charge in [0.2, 0.25) is 0 Å². The van der Waals surface area contributed by atoms with E-state index in [1.807, 2.05) is 24.0 Å². The van der Waals surface area contributed by atoms with E-state index in [1.54, 1.807) is 0 Å². The van der Waals surface area contributed by atoms with Crippen LogP contribution in [0.3, 0.4) is 0 Å².